The molecular formula is C26H27N5O6. The van der Waals surface area contributed by atoms with Crippen molar-refractivity contribution in [2.24, 2.45) is 17.2 Å². The molecule has 0 fully saturated rings. The molecule has 3 unspecified atom stereocenters. The Kier molecular flexibility index (Phi) is 7.21. The van der Waals surface area contributed by atoms with Crippen molar-refractivity contribution in [2.45, 2.75) is 37.4 Å². The molecule has 0 aliphatic heterocycles. The predicted octanol–water partition coefficient (Wildman–Crippen LogP) is 1.20. The zero-order valence-electron chi connectivity index (χ0n) is 19.8. The van der Waals surface area contributed by atoms with E-state index in [1.165, 1.54) is 21.5 Å². The molecule has 0 saturated heterocycles. The first-order chi connectivity index (χ1) is 17.6. The number of carbonyl (C=O) groups excluding carboxylic acids is 2. The van der Waals surface area contributed by atoms with Crippen LogP contribution in [0.4, 0.5) is 0 Å². The van der Waals surface area contributed by atoms with E-state index in [2.05, 4.69) is 0 Å². The Morgan fingerprint density at radius 2 is 1.11 bits per heavy atom. The number of fused-ring (bicyclic) bond motifs is 2. The number of nitrogens with zero attached hydrogens (tertiary/aromatic N) is 2. The first kappa shape index (κ1) is 25.8. The van der Waals surface area contributed by atoms with Crippen LogP contribution in [0.3, 0.4) is 0 Å². The van der Waals surface area contributed by atoms with Gasteiger partial charge in [-0.05, 0) is 23.3 Å². The second-order valence-corrected chi connectivity index (χ2v) is 8.92. The van der Waals surface area contributed by atoms with Gasteiger partial charge in [0.1, 0.15) is 12.1 Å². The van der Waals surface area contributed by atoms with E-state index in [0.29, 0.717) is 32.9 Å². The number of carboxylic acid groups (broad SMARTS) is 2. The van der Waals surface area contributed by atoms with Crippen molar-refractivity contribution in [1.82, 2.24) is 9.13 Å². The van der Waals surface area contributed by atoms with Crippen LogP contribution >= 0.6 is 0 Å². The molecule has 11 heteroatoms. The lowest BCUT2D eigenvalue weighted by Gasteiger charge is -2.12. The number of benzene rings is 2. The minimum atomic E-state index is -1.20. The molecule has 2 aromatic heterocycles. The van der Waals surface area contributed by atoms with Crippen LogP contribution in [0.2, 0.25) is 0 Å². The molecule has 0 bridgehead atoms. The first-order valence-electron chi connectivity index (χ1n) is 11.6. The van der Waals surface area contributed by atoms with Gasteiger partial charge in [-0.3, -0.25) is 28.3 Å². The third-order valence-corrected chi connectivity index (χ3v) is 6.32. The number of carbonyl (C=O) groups is 4. The van der Waals surface area contributed by atoms with Crippen LogP contribution in [0.1, 0.15) is 27.1 Å². The minimum Gasteiger partial charge on any atom is -0.480 e. The third-order valence-electron chi connectivity index (χ3n) is 6.32. The smallest absolute Gasteiger partial charge is 0.320 e. The largest absolute Gasteiger partial charge is 0.480 e. The fraction of sp³-hybridized carbons (Fsp3) is 0.231. The summed E-state index contributed by atoms with van der Waals surface area (Å²) in [6, 6.07) is 10.5. The Morgan fingerprint density at radius 3 is 1.59 bits per heavy atom. The molecule has 0 spiro atoms. The van der Waals surface area contributed by atoms with Gasteiger partial charge >= 0.3 is 11.9 Å². The highest BCUT2D eigenvalue weighted by molar-refractivity contribution is 6.00. The Morgan fingerprint density at radius 1 is 0.676 bits per heavy atom. The average Bonchev–Trinajstić information content (AvgIpc) is 3.42. The molecule has 4 rings (SSSR count). The number of aliphatic carboxylic acids is 2. The van der Waals surface area contributed by atoms with E-state index in [1.807, 2.05) is 0 Å². The van der Waals surface area contributed by atoms with Crippen LogP contribution < -0.4 is 17.2 Å². The van der Waals surface area contributed by atoms with Gasteiger partial charge in [-0.2, -0.15) is 0 Å². The van der Waals surface area contributed by atoms with Gasteiger partial charge in [0.15, 0.2) is 0 Å². The molecule has 37 heavy (non-hydrogen) atoms. The second-order valence-electron chi connectivity index (χ2n) is 8.92. The lowest BCUT2D eigenvalue weighted by molar-refractivity contribution is -0.139. The van der Waals surface area contributed by atoms with Crippen LogP contribution in [0.15, 0.2) is 60.9 Å². The second kappa shape index (κ2) is 10.3. The van der Waals surface area contributed by atoms with Gasteiger partial charge < -0.3 is 27.4 Å². The third kappa shape index (κ3) is 5.14. The van der Waals surface area contributed by atoms with Crippen LogP contribution in [-0.4, -0.2) is 61.2 Å². The summed E-state index contributed by atoms with van der Waals surface area (Å²) < 4.78 is 2.68. The zero-order valence-corrected chi connectivity index (χ0v) is 19.8. The summed E-state index contributed by atoms with van der Waals surface area (Å²) in [6.45, 7) is 0. The van der Waals surface area contributed by atoms with Crippen molar-refractivity contribution < 1.29 is 29.4 Å². The quantitative estimate of drug-likeness (QED) is 0.222. The summed E-state index contributed by atoms with van der Waals surface area (Å²) >= 11 is 0. The van der Waals surface area contributed by atoms with Gasteiger partial charge in [-0.25, -0.2) is 0 Å². The van der Waals surface area contributed by atoms with Crippen molar-refractivity contribution in [1.29, 1.82) is 0 Å². The van der Waals surface area contributed by atoms with Gasteiger partial charge in [0.25, 0.3) is 0 Å². The molecule has 4 aromatic rings. The molecule has 0 radical (unpaired) electrons. The van der Waals surface area contributed by atoms with Crippen molar-refractivity contribution in [3.8, 4) is 0 Å². The van der Waals surface area contributed by atoms with Crippen LogP contribution in [0, 0.1) is 0 Å². The van der Waals surface area contributed by atoms with E-state index in [4.69, 9.17) is 17.2 Å². The van der Waals surface area contributed by atoms with Crippen molar-refractivity contribution in [3.63, 3.8) is 0 Å². The van der Waals surface area contributed by atoms with Crippen molar-refractivity contribution >= 4 is 45.6 Å². The van der Waals surface area contributed by atoms with E-state index in [1.54, 1.807) is 48.5 Å². The van der Waals surface area contributed by atoms with Gasteiger partial charge in [0, 0.05) is 36.0 Å². The fourth-order valence-corrected chi connectivity index (χ4v) is 4.42. The molecule has 2 aromatic carbocycles. The lowest BCUT2D eigenvalue weighted by atomic mass is 10.1. The number of hydrogen-bond donors (Lipinski definition) is 5. The van der Waals surface area contributed by atoms with E-state index >= 15 is 0 Å². The average molecular weight is 506 g/mol. The molecule has 0 aliphatic carbocycles. The lowest BCUT2D eigenvalue weighted by Crippen LogP contribution is -2.37. The van der Waals surface area contributed by atoms with Crippen LogP contribution in [0.25, 0.3) is 21.8 Å². The number of para-hydroxylation sites is 2. The standard InChI is InChI=1S/C26H27N5O6/c27-18(24(33)31-13-15(10-20(29)26(36)37)17-6-2-4-8-22(17)31)11-23(32)30-12-14(9-19(28)25(34)35)16-5-1-3-7-21(16)30/h1-8,12-13,18-20H,9-11,27-29H2,(H,34,35)(H,36,37). The highest BCUT2D eigenvalue weighted by atomic mass is 16.4. The number of nitrogens with two attached hydrogens (primary N) is 3. The Bertz CT molecular complexity index is 1520. The van der Waals surface area contributed by atoms with Gasteiger partial charge in [0.05, 0.1) is 23.5 Å². The number of hydrogen-bond acceptors (Lipinski definition) is 7. The van der Waals surface area contributed by atoms with E-state index < -0.39 is 41.9 Å². The maximum atomic E-state index is 13.3. The zero-order chi connectivity index (χ0) is 26.9. The molecule has 8 N–H and O–H groups in total. The number of rotatable bonds is 9. The molecule has 3 atom stereocenters. The normalized spacial score (nSPS) is 13.9. The molecule has 0 amide bonds. The monoisotopic (exact) mass is 505 g/mol. The highest BCUT2D eigenvalue weighted by Gasteiger charge is 2.25. The Hall–Kier alpha value is -4.32. The number of aromatic nitrogens is 2. The van der Waals surface area contributed by atoms with E-state index in [0.717, 1.165) is 0 Å². The van der Waals surface area contributed by atoms with Crippen molar-refractivity contribution in [3.05, 3.63) is 72.1 Å². The highest BCUT2D eigenvalue weighted by Crippen LogP contribution is 2.25. The summed E-state index contributed by atoms with van der Waals surface area (Å²) in [7, 11) is 0. The maximum absolute atomic E-state index is 13.3. The molecule has 192 valence electrons. The summed E-state index contributed by atoms with van der Waals surface area (Å²) in [5.41, 5.74) is 19.8. The van der Waals surface area contributed by atoms with Crippen molar-refractivity contribution in [2.75, 3.05) is 0 Å². The topological polar surface area (TPSA) is 197 Å². The Balaban J connectivity index is 1.60. The first-order valence-corrected chi connectivity index (χ1v) is 11.6. The molecule has 0 saturated carbocycles. The molecular weight excluding hydrogens is 478 g/mol. The van der Waals surface area contributed by atoms with E-state index in [9.17, 15) is 29.4 Å². The van der Waals surface area contributed by atoms with Crippen LogP contribution in [0.5, 0.6) is 0 Å². The Labute approximate surface area is 211 Å². The molecule has 11 nitrogen and oxygen atoms in total. The summed E-state index contributed by atoms with van der Waals surface area (Å²) in [4.78, 5) is 49.0. The van der Waals surface area contributed by atoms with Gasteiger partial charge in [0.2, 0.25) is 11.8 Å². The van der Waals surface area contributed by atoms with E-state index in [-0.39, 0.29) is 19.3 Å². The fourth-order valence-electron chi connectivity index (χ4n) is 4.42. The summed E-state index contributed by atoms with van der Waals surface area (Å²) in [5, 5.41) is 19.7. The maximum Gasteiger partial charge on any atom is 0.320 e. The predicted molar refractivity (Wildman–Crippen MR) is 136 cm³/mol. The molecule has 0 aliphatic rings. The molecule has 2 heterocycles. The summed E-state index contributed by atoms with van der Waals surface area (Å²) in [6.07, 6.45) is 2.76. The van der Waals surface area contributed by atoms with Gasteiger partial charge in [-0.15, -0.1) is 0 Å². The number of carboxylic acids is 2. The van der Waals surface area contributed by atoms with Gasteiger partial charge in [-0.1, -0.05) is 36.4 Å². The SMILES string of the molecule is NC(Cc1cn(C(=O)CC(N)C(=O)n2cc(CC(N)C(=O)O)c3ccccc32)c2ccccc12)C(=O)O. The van der Waals surface area contributed by atoms with Crippen LogP contribution in [-0.2, 0) is 22.4 Å². The minimum absolute atomic E-state index is 0.0148. The summed E-state index contributed by atoms with van der Waals surface area (Å²) in [5.74, 6) is -3.30.